The van der Waals surface area contributed by atoms with Crippen LogP contribution in [-0.2, 0) is 6.42 Å². The Morgan fingerprint density at radius 2 is 1.95 bits per heavy atom. The van der Waals surface area contributed by atoms with Gasteiger partial charge in [-0.2, -0.15) is 0 Å². The van der Waals surface area contributed by atoms with E-state index in [0.717, 1.165) is 11.1 Å². The van der Waals surface area contributed by atoms with Crippen LogP contribution in [0.2, 0.25) is 0 Å². The summed E-state index contributed by atoms with van der Waals surface area (Å²) in [6.07, 6.45) is 0.620. The molecule has 0 heterocycles. The molecular formula is C16H16FNO. The zero-order valence-electron chi connectivity index (χ0n) is 10.8. The number of hydrogen-bond acceptors (Lipinski definition) is 1. The number of aryl methyl sites for hydroxylation is 1. The molecule has 0 aliphatic heterocycles. The molecule has 0 unspecified atom stereocenters. The van der Waals surface area contributed by atoms with Crippen LogP contribution in [0.3, 0.4) is 0 Å². The Hall–Kier alpha value is -2.16. The van der Waals surface area contributed by atoms with Gasteiger partial charge in [-0.25, -0.2) is 4.39 Å². The minimum Gasteiger partial charge on any atom is -0.352 e. The Morgan fingerprint density at radius 3 is 2.68 bits per heavy atom. The topological polar surface area (TPSA) is 29.1 Å². The minimum absolute atomic E-state index is 0.0884. The largest absolute Gasteiger partial charge is 0.352 e. The van der Waals surface area contributed by atoms with Gasteiger partial charge in [-0.3, -0.25) is 4.79 Å². The fraction of sp³-hybridized carbons (Fsp3) is 0.188. The molecule has 3 heteroatoms. The van der Waals surface area contributed by atoms with Gasteiger partial charge in [0, 0.05) is 12.1 Å². The van der Waals surface area contributed by atoms with E-state index in [2.05, 4.69) is 5.32 Å². The van der Waals surface area contributed by atoms with Gasteiger partial charge in [0.05, 0.1) is 0 Å². The summed E-state index contributed by atoms with van der Waals surface area (Å²) in [5.41, 5.74) is 2.51. The summed E-state index contributed by atoms with van der Waals surface area (Å²) in [5, 5.41) is 2.85. The van der Waals surface area contributed by atoms with Crippen LogP contribution in [0.1, 0.15) is 21.5 Å². The number of rotatable bonds is 4. The molecule has 19 heavy (non-hydrogen) atoms. The zero-order valence-corrected chi connectivity index (χ0v) is 10.8. The maximum atomic E-state index is 13.0. The summed E-state index contributed by atoms with van der Waals surface area (Å²) < 4.78 is 13.0. The van der Waals surface area contributed by atoms with Gasteiger partial charge in [0.1, 0.15) is 5.82 Å². The molecule has 0 atom stereocenters. The Kier molecular flexibility index (Phi) is 4.29. The first-order valence-electron chi connectivity index (χ1n) is 6.25. The molecule has 0 aromatic heterocycles. The van der Waals surface area contributed by atoms with E-state index in [1.165, 1.54) is 12.1 Å². The normalized spacial score (nSPS) is 10.2. The van der Waals surface area contributed by atoms with Gasteiger partial charge in [0.15, 0.2) is 0 Å². The molecule has 1 amide bonds. The molecule has 0 fully saturated rings. The van der Waals surface area contributed by atoms with E-state index in [1.807, 2.05) is 31.2 Å². The summed E-state index contributed by atoms with van der Waals surface area (Å²) in [5.74, 6) is -0.336. The van der Waals surface area contributed by atoms with Crippen molar-refractivity contribution in [2.45, 2.75) is 13.3 Å². The molecule has 0 aliphatic carbocycles. The van der Waals surface area contributed by atoms with E-state index in [1.54, 1.807) is 12.1 Å². The molecule has 2 aromatic rings. The van der Waals surface area contributed by atoms with Crippen molar-refractivity contribution in [1.82, 2.24) is 5.32 Å². The Balaban J connectivity index is 1.90. The first-order chi connectivity index (χ1) is 9.16. The van der Waals surface area contributed by atoms with Crippen LogP contribution in [-0.4, -0.2) is 12.5 Å². The van der Waals surface area contributed by atoms with E-state index in [4.69, 9.17) is 0 Å². The standard InChI is InChI=1S/C16H16FNO/c1-12-5-2-3-8-15(12)16(19)18-10-9-13-6-4-7-14(17)11-13/h2-8,11H,9-10H2,1H3,(H,18,19). The number of carbonyl (C=O) groups is 1. The molecule has 2 nitrogen and oxygen atoms in total. The Bertz CT molecular complexity index is 580. The quantitative estimate of drug-likeness (QED) is 0.896. The predicted octanol–water partition coefficient (Wildman–Crippen LogP) is 3.11. The van der Waals surface area contributed by atoms with Crippen LogP contribution in [0.15, 0.2) is 48.5 Å². The second-order valence-corrected chi connectivity index (χ2v) is 4.45. The summed E-state index contributed by atoms with van der Waals surface area (Å²) in [6, 6.07) is 13.9. The van der Waals surface area contributed by atoms with E-state index in [-0.39, 0.29) is 11.7 Å². The molecule has 0 aliphatic rings. The number of amides is 1. The lowest BCUT2D eigenvalue weighted by atomic mass is 10.1. The highest BCUT2D eigenvalue weighted by molar-refractivity contribution is 5.95. The van der Waals surface area contributed by atoms with Gasteiger partial charge < -0.3 is 5.32 Å². The maximum Gasteiger partial charge on any atom is 0.251 e. The van der Waals surface area contributed by atoms with Crippen molar-refractivity contribution in [2.75, 3.05) is 6.54 Å². The third-order valence-electron chi connectivity index (χ3n) is 2.98. The number of carbonyl (C=O) groups excluding carboxylic acids is 1. The molecule has 0 radical (unpaired) electrons. The minimum atomic E-state index is -0.247. The van der Waals surface area contributed by atoms with Gasteiger partial charge >= 0.3 is 0 Å². The average molecular weight is 257 g/mol. The van der Waals surface area contributed by atoms with E-state index < -0.39 is 0 Å². The van der Waals surface area contributed by atoms with Crippen molar-refractivity contribution in [3.63, 3.8) is 0 Å². The van der Waals surface area contributed by atoms with Crippen LogP contribution in [0.25, 0.3) is 0 Å². The second-order valence-electron chi connectivity index (χ2n) is 4.45. The lowest BCUT2D eigenvalue weighted by Crippen LogP contribution is -2.26. The van der Waals surface area contributed by atoms with Crippen molar-refractivity contribution in [1.29, 1.82) is 0 Å². The molecule has 2 aromatic carbocycles. The molecule has 0 bridgehead atoms. The van der Waals surface area contributed by atoms with E-state index in [0.29, 0.717) is 18.5 Å². The number of halogens is 1. The Labute approximate surface area is 112 Å². The SMILES string of the molecule is Cc1ccccc1C(=O)NCCc1cccc(F)c1. The highest BCUT2D eigenvalue weighted by atomic mass is 19.1. The molecule has 2 rings (SSSR count). The van der Waals surface area contributed by atoms with E-state index >= 15 is 0 Å². The average Bonchev–Trinajstić information content (AvgIpc) is 2.39. The van der Waals surface area contributed by atoms with Gasteiger partial charge in [-0.1, -0.05) is 30.3 Å². The first kappa shape index (κ1) is 13.3. The van der Waals surface area contributed by atoms with Gasteiger partial charge in [-0.05, 0) is 42.7 Å². The lowest BCUT2D eigenvalue weighted by Gasteiger charge is -2.07. The lowest BCUT2D eigenvalue weighted by molar-refractivity contribution is 0.0953. The second kappa shape index (κ2) is 6.14. The fourth-order valence-electron chi connectivity index (χ4n) is 1.94. The van der Waals surface area contributed by atoms with Gasteiger partial charge in [-0.15, -0.1) is 0 Å². The number of nitrogens with one attached hydrogen (secondary N) is 1. The van der Waals surface area contributed by atoms with Gasteiger partial charge in [0.2, 0.25) is 0 Å². The van der Waals surface area contributed by atoms with Crippen molar-refractivity contribution >= 4 is 5.91 Å². The van der Waals surface area contributed by atoms with Crippen molar-refractivity contribution in [3.8, 4) is 0 Å². The van der Waals surface area contributed by atoms with Crippen LogP contribution in [0.5, 0.6) is 0 Å². The van der Waals surface area contributed by atoms with Crippen LogP contribution in [0.4, 0.5) is 4.39 Å². The van der Waals surface area contributed by atoms with Crippen molar-refractivity contribution in [2.24, 2.45) is 0 Å². The monoisotopic (exact) mass is 257 g/mol. The van der Waals surface area contributed by atoms with Gasteiger partial charge in [0.25, 0.3) is 5.91 Å². The van der Waals surface area contributed by atoms with Crippen molar-refractivity contribution < 1.29 is 9.18 Å². The highest BCUT2D eigenvalue weighted by Gasteiger charge is 2.07. The summed E-state index contributed by atoms with van der Waals surface area (Å²) in [7, 11) is 0. The fourth-order valence-corrected chi connectivity index (χ4v) is 1.94. The van der Waals surface area contributed by atoms with Crippen LogP contribution in [0, 0.1) is 12.7 Å². The smallest absolute Gasteiger partial charge is 0.251 e. The van der Waals surface area contributed by atoms with Crippen LogP contribution < -0.4 is 5.32 Å². The predicted molar refractivity (Wildman–Crippen MR) is 73.6 cm³/mol. The third-order valence-corrected chi connectivity index (χ3v) is 2.98. The maximum absolute atomic E-state index is 13.0. The molecule has 98 valence electrons. The summed E-state index contributed by atoms with van der Waals surface area (Å²) >= 11 is 0. The summed E-state index contributed by atoms with van der Waals surface area (Å²) in [6.45, 7) is 2.40. The first-order valence-corrected chi connectivity index (χ1v) is 6.25. The third kappa shape index (κ3) is 3.65. The van der Waals surface area contributed by atoms with Crippen molar-refractivity contribution in [3.05, 3.63) is 71.0 Å². The number of hydrogen-bond donors (Lipinski definition) is 1. The Morgan fingerprint density at radius 1 is 1.16 bits per heavy atom. The highest BCUT2D eigenvalue weighted by Crippen LogP contribution is 2.07. The molecule has 0 saturated heterocycles. The van der Waals surface area contributed by atoms with Crippen LogP contribution >= 0.6 is 0 Å². The molecule has 0 saturated carbocycles. The zero-order chi connectivity index (χ0) is 13.7. The van der Waals surface area contributed by atoms with E-state index in [9.17, 15) is 9.18 Å². The summed E-state index contributed by atoms with van der Waals surface area (Å²) in [4.78, 5) is 11.9. The number of benzene rings is 2. The molecular weight excluding hydrogens is 241 g/mol. The molecule has 1 N–H and O–H groups in total. The molecule has 0 spiro atoms.